The number of anilines is 1. The molecule has 3 aromatic rings. The predicted molar refractivity (Wildman–Crippen MR) is 101 cm³/mol. The van der Waals surface area contributed by atoms with Gasteiger partial charge in [0.2, 0.25) is 5.78 Å². The van der Waals surface area contributed by atoms with Crippen molar-refractivity contribution in [3.63, 3.8) is 0 Å². The molecule has 7 heteroatoms. The normalized spacial score (nSPS) is 19.2. The molecular weight excluding hydrogens is 421 g/mol. The van der Waals surface area contributed by atoms with Crippen LogP contribution in [-0.4, -0.2) is 16.8 Å². The fourth-order valence-electron chi connectivity index (χ4n) is 3.00. The van der Waals surface area contributed by atoms with E-state index in [2.05, 4.69) is 21.2 Å². The van der Waals surface area contributed by atoms with Gasteiger partial charge in [0.15, 0.2) is 0 Å². The van der Waals surface area contributed by atoms with Crippen molar-refractivity contribution < 1.29 is 19.1 Å². The molecule has 0 radical (unpaired) electrons. The molecule has 2 N–H and O–H groups in total. The van der Waals surface area contributed by atoms with E-state index >= 15 is 4.39 Å². The molecule has 1 aliphatic rings. The molecule has 2 heterocycles. The summed E-state index contributed by atoms with van der Waals surface area (Å²) in [5, 5.41) is 14.6. The van der Waals surface area contributed by atoms with Gasteiger partial charge in [-0.15, -0.1) is 11.3 Å². The van der Waals surface area contributed by atoms with Crippen LogP contribution in [0.25, 0.3) is 11.1 Å². The Kier molecular flexibility index (Phi) is 3.93. The van der Waals surface area contributed by atoms with E-state index in [1.165, 1.54) is 18.2 Å². The van der Waals surface area contributed by atoms with E-state index in [1.54, 1.807) is 35.7 Å². The summed E-state index contributed by atoms with van der Waals surface area (Å²) in [7, 11) is 0. The summed E-state index contributed by atoms with van der Waals surface area (Å²) in [5.74, 6) is -1.98. The zero-order valence-electron chi connectivity index (χ0n) is 13.1. The Morgan fingerprint density at radius 1 is 1.08 bits per heavy atom. The van der Waals surface area contributed by atoms with E-state index in [-0.39, 0.29) is 21.9 Å². The predicted octanol–water partition coefficient (Wildman–Crippen LogP) is 4.88. The SMILES string of the molecule is O=C1Nc2scc(-c3ccc(Br)cc3O)c2C(=O)C1(F)c1ccccc1. The number of aromatic hydroxyl groups is 1. The van der Waals surface area contributed by atoms with Gasteiger partial charge in [0.05, 0.1) is 5.56 Å². The van der Waals surface area contributed by atoms with Crippen LogP contribution >= 0.6 is 27.3 Å². The largest absolute Gasteiger partial charge is 0.507 e. The number of carbonyl (C=O) groups is 2. The topological polar surface area (TPSA) is 66.4 Å². The molecule has 0 saturated heterocycles. The van der Waals surface area contributed by atoms with Gasteiger partial charge in [-0.05, 0) is 18.2 Å². The molecule has 1 aromatic heterocycles. The molecule has 130 valence electrons. The van der Waals surface area contributed by atoms with Gasteiger partial charge < -0.3 is 10.4 Å². The summed E-state index contributed by atoms with van der Waals surface area (Å²) in [5.41, 5.74) is -1.98. The summed E-state index contributed by atoms with van der Waals surface area (Å²) < 4.78 is 16.4. The Balaban J connectivity index is 1.91. The number of hydrogen-bond acceptors (Lipinski definition) is 4. The zero-order chi connectivity index (χ0) is 18.5. The average molecular weight is 432 g/mol. The Bertz CT molecular complexity index is 1050. The van der Waals surface area contributed by atoms with Crippen molar-refractivity contribution in [2.75, 3.05) is 5.32 Å². The Hall–Kier alpha value is -2.51. The third kappa shape index (κ3) is 2.39. The van der Waals surface area contributed by atoms with E-state index in [1.807, 2.05) is 0 Å². The van der Waals surface area contributed by atoms with Gasteiger partial charge in [-0.1, -0.05) is 46.3 Å². The molecule has 0 saturated carbocycles. The van der Waals surface area contributed by atoms with Crippen molar-refractivity contribution in [1.29, 1.82) is 0 Å². The number of ketones is 1. The smallest absolute Gasteiger partial charge is 0.275 e. The number of thiophene rings is 1. The minimum absolute atomic E-state index is 0.0228. The van der Waals surface area contributed by atoms with Crippen LogP contribution in [0.15, 0.2) is 58.4 Å². The summed E-state index contributed by atoms with van der Waals surface area (Å²) in [4.78, 5) is 25.5. The Morgan fingerprint density at radius 2 is 1.81 bits per heavy atom. The molecule has 1 unspecified atom stereocenters. The van der Waals surface area contributed by atoms with Crippen molar-refractivity contribution in [2.45, 2.75) is 5.67 Å². The van der Waals surface area contributed by atoms with Crippen LogP contribution in [0.3, 0.4) is 0 Å². The number of carbonyl (C=O) groups excluding carboxylic acids is 2. The highest BCUT2D eigenvalue weighted by atomic mass is 79.9. The summed E-state index contributed by atoms with van der Waals surface area (Å²) >= 11 is 4.38. The number of rotatable bonds is 2. The molecule has 4 rings (SSSR count). The van der Waals surface area contributed by atoms with Gasteiger partial charge in [0, 0.05) is 26.5 Å². The van der Waals surface area contributed by atoms with E-state index < -0.39 is 17.4 Å². The molecule has 0 spiro atoms. The van der Waals surface area contributed by atoms with Crippen LogP contribution in [0.1, 0.15) is 15.9 Å². The minimum Gasteiger partial charge on any atom is -0.507 e. The Labute approximate surface area is 160 Å². The lowest BCUT2D eigenvalue weighted by atomic mass is 9.83. The number of fused-ring (bicyclic) bond motifs is 1. The van der Waals surface area contributed by atoms with Gasteiger partial charge in [0.25, 0.3) is 11.6 Å². The second-order valence-electron chi connectivity index (χ2n) is 5.82. The number of nitrogens with one attached hydrogen (secondary N) is 1. The van der Waals surface area contributed by atoms with E-state index in [0.29, 0.717) is 15.6 Å². The average Bonchev–Trinajstić information content (AvgIpc) is 3.04. The fourth-order valence-corrected chi connectivity index (χ4v) is 4.30. The number of amides is 1. The first-order valence-electron chi connectivity index (χ1n) is 7.64. The van der Waals surface area contributed by atoms with Crippen LogP contribution < -0.4 is 5.32 Å². The number of benzene rings is 2. The standard InChI is InChI=1S/C19H11BrFNO3S/c20-11-6-7-12(14(23)8-11)13-9-26-17-15(13)16(24)19(21,18(25)22-17)10-4-2-1-3-5-10/h1-9,23H,(H,22,25). The van der Waals surface area contributed by atoms with E-state index in [9.17, 15) is 14.7 Å². The van der Waals surface area contributed by atoms with E-state index in [0.717, 1.165) is 11.3 Å². The second-order valence-corrected chi connectivity index (χ2v) is 7.62. The molecule has 1 aliphatic heterocycles. The van der Waals surface area contributed by atoms with E-state index in [4.69, 9.17) is 0 Å². The third-order valence-corrected chi connectivity index (χ3v) is 5.68. The lowest BCUT2D eigenvalue weighted by Crippen LogP contribution is -2.47. The van der Waals surface area contributed by atoms with Crippen molar-refractivity contribution in [3.05, 3.63) is 69.5 Å². The molecule has 4 nitrogen and oxygen atoms in total. The van der Waals surface area contributed by atoms with Gasteiger partial charge >= 0.3 is 0 Å². The molecular formula is C19H11BrFNO3S. The lowest BCUT2D eigenvalue weighted by molar-refractivity contribution is -0.125. The molecule has 2 aromatic carbocycles. The number of halogens is 2. The van der Waals surface area contributed by atoms with Crippen LogP contribution in [0.4, 0.5) is 9.39 Å². The first-order chi connectivity index (χ1) is 12.4. The number of hydrogen-bond donors (Lipinski definition) is 2. The second kappa shape index (κ2) is 6.03. The maximum atomic E-state index is 15.7. The molecule has 0 aliphatic carbocycles. The molecule has 1 amide bonds. The highest BCUT2D eigenvalue weighted by molar-refractivity contribution is 9.10. The first kappa shape index (κ1) is 16.9. The van der Waals surface area contributed by atoms with Gasteiger partial charge in [-0.2, -0.15) is 0 Å². The molecule has 1 atom stereocenters. The zero-order valence-corrected chi connectivity index (χ0v) is 15.5. The number of phenols is 1. The number of phenolic OH excluding ortho intramolecular Hbond substituents is 1. The van der Waals surface area contributed by atoms with Gasteiger partial charge in [-0.3, -0.25) is 9.59 Å². The van der Waals surface area contributed by atoms with Crippen molar-refractivity contribution in [3.8, 4) is 16.9 Å². The van der Waals surface area contributed by atoms with Crippen LogP contribution in [0.5, 0.6) is 5.75 Å². The van der Waals surface area contributed by atoms with Crippen molar-refractivity contribution in [1.82, 2.24) is 0 Å². The fraction of sp³-hybridized carbons (Fsp3) is 0.0526. The monoisotopic (exact) mass is 431 g/mol. The maximum absolute atomic E-state index is 15.7. The van der Waals surface area contributed by atoms with Crippen LogP contribution in [0, 0.1) is 0 Å². The van der Waals surface area contributed by atoms with Gasteiger partial charge in [-0.25, -0.2) is 4.39 Å². The van der Waals surface area contributed by atoms with Crippen LogP contribution in [-0.2, 0) is 10.5 Å². The van der Waals surface area contributed by atoms with Crippen LogP contribution in [0.2, 0.25) is 0 Å². The molecule has 0 bridgehead atoms. The van der Waals surface area contributed by atoms with Crippen molar-refractivity contribution in [2.24, 2.45) is 0 Å². The van der Waals surface area contributed by atoms with Gasteiger partial charge in [0.1, 0.15) is 10.8 Å². The Morgan fingerprint density at radius 3 is 2.50 bits per heavy atom. The summed E-state index contributed by atoms with van der Waals surface area (Å²) in [6.45, 7) is 0. The maximum Gasteiger partial charge on any atom is 0.275 e. The third-order valence-electron chi connectivity index (χ3n) is 4.29. The van der Waals surface area contributed by atoms with Crippen molar-refractivity contribution >= 4 is 44.0 Å². The lowest BCUT2D eigenvalue weighted by Gasteiger charge is -2.28. The highest BCUT2D eigenvalue weighted by Gasteiger charge is 2.53. The molecule has 0 fully saturated rings. The molecule has 26 heavy (non-hydrogen) atoms. The minimum atomic E-state index is -2.81. The number of Topliss-reactive ketones (excluding diaryl/α,β-unsaturated/α-hetero) is 1. The summed E-state index contributed by atoms with van der Waals surface area (Å²) in [6, 6.07) is 12.5. The number of alkyl halides is 1. The quantitative estimate of drug-likeness (QED) is 0.568. The first-order valence-corrected chi connectivity index (χ1v) is 9.31. The summed E-state index contributed by atoms with van der Waals surface area (Å²) in [6.07, 6.45) is 0. The highest BCUT2D eigenvalue weighted by Crippen LogP contribution is 2.47.